The molecule has 0 aliphatic carbocycles. The van der Waals surface area contributed by atoms with Gasteiger partial charge in [0.2, 0.25) is 0 Å². The first-order valence-electron chi connectivity index (χ1n) is 3.24. The molecule has 2 nitrogen and oxygen atoms in total. The van der Waals surface area contributed by atoms with Gasteiger partial charge in [-0.3, -0.25) is 3.97 Å². The number of aryl methyl sites for hydroxylation is 2. The minimum atomic E-state index is 1.09. The molecule has 0 N–H and O–H groups in total. The third-order valence-corrected chi connectivity index (χ3v) is 2.54. The summed E-state index contributed by atoms with van der Waals surface area (Å²) in [7, 11) is 0. The van der Waals surface area contributed by atoms with Gasteiger partial charge in [0.25, 0.3) is 0 Å². The van der Waals surface area contributed by atoms with Gasteiger partial charge >= 0.3 is 0 Å². The van der Waals surface area contributed by atoms with Crippen LogP contribution in [0.3, 0.4) is 0 Å². The van der Waals surface area contributed by atoms with Crippen LogP contribution in [0.15, 0.2) is 0 Å². The maximum atomic E-state index is 4.32. The minimum absolute atomic E-state index is 1.09. The Hall–Kier alpha value is -0.440. The number of hydrogen-bond acceptors (Lipinski definition) is 2. The molecule has 0 aliphatic rings. The summed E-state index contributed by atoms with van der Waals surface area (Å²) in [6.45, 7) is 6.15. The highest BCUT2D eigenvalue weighted by atomic mass is 32.2. The van der Waals surface area contributed by atoms with Crippen LogP contribution in [-0.4, -0.2) is 15.2 Å². The van der Waals surface area contributed by atoms with Crippen molar-refractivity contribution < 1.29 is 0 Å². The second kappa shape index (κ2) is 2.66. The Morgan fingerprint density at radius 3 is 2.10 bits per heavy atom. The van der Waals surface area contributed by atoms with E-state index in [2.05, 4.69) is 22.1 Å². The van der Waals surface area contributed by atoms with E-state index in [1.54, 1.807) is 11.9 Å². The topological polar surface area (TPSA) is 17.8 Å². The summed E-state index contributed by atoms with van der Waals surface area (Å²) in [6.07, 6.45) is 2.06. The fraction of sp³-hybridized carbons (Fsp3) is 0.571. The van der Waals surface area contributed by atoms with Crippen LogP contribution in [0.4, 0.5) is 0 Å². The lowest BCUT2D eigenvalue weighted by Gasteiger charge is -1.99. The fourth-order valence-electron chi connectivity index (χ4n) is 1.03. The Balaban J connectivity index is 3.20. The van der Waals surface area contributed by atoms with Crippen molar-refractivity contribution in [2.45, 2.75) is 20.8 Å². The second-order valence-electron chi connectivity index (χ2n) is 2.31. The van der Waals surface area contributed by atoms with Crippen LogP contribution in [0.25, 0.3) is 0 Å². The van der Waals surface area contributed by atoms with Crippen LogP contribution < -0.4 is 0 Å². The average molecular weight is 156 g/mol. The van der Waals surface area contributed by atoms with Crippen LogP contribution in [0.2, 0.25) is 0 Å². The molecule has 0 unspecified atom stereocenters. The van der Waals surface area contributed by atoms with Crippen molar-refractivity contribution in [3.05, 3.63) is 17.2 Å². The first kappa shape index (κ1) is 7.66. The molecule has 0 saturated carbocycles. The minimum Gasteiger partial charge on any atom is -0.275 e. The molecule has 0 fully saturated rings. The lowest BCUT2D eigenvalue weighted by molar-refractivity contribution is 1.07. The summed E-state index contributed by atoms with van der Waals surface area (Å²) in [5.41, 5.74) is 2.39. The lowest BCUT2D eigenvalue weighted by Crippen LogP contribution is -1.90. The summed E-state index contributed by atoms with van der Waals surface area (Å²) in [5.74, 6) is 1.09. The van der Waals surface area contributed by atoms with E-state index in [1.807, 2.05) is 13.8 Å². The van der Waals surface area contributed by atoms with E-state index in [-0.39, 0.29) is 0 Å². The zero-order valence-corrected chi connectivity index (χ0v) is 7.62. The van der Waals surface area contributed by atoms with Crippen molar-refractivity contribution in [2.75, 3.05) is 6.26 Å². The maximum absolute atomic E-state index is 4.32. The Labute approximate surface area is 65.8 Å². The second-order valence-corrected chi connectivity index (χ2v) is 3.04. The third-order valence-electron chi connectivity index (χ3n) is 1.63. The molecule has 0 saturated heterocycles. The van der Waals surface area contributed by atoms with Crippen molar-refractivity contribution >= 4 is 11.9 Å². The number of imidazole rings is 1. The van der Waals surface area contributed by atoms with Crippen LogP contribution in [0.1, 0.15) is 17.2 Å². The number of nitrogens with zero attached hydrogens (tertiary/aromatic N) is 2. The predicted molar refractivity (Wildman–Crippen MR) is 45.4 cm³/mol. The predicted octanol–water partition coefficient (Wildman–Crippen LogP) is 1.93. The molecule has 1 rings (SSSR count). The van der Waals surface area contributed by atoms with Gasteiger partial charge in [0.05, 0.1) is 5.69 Å². The van der Waals surface area contributed by atoms with E-state index in [4.69, 9.17) is 0 Å². The Morgan fingerprint density at radius 1 is 1.30 bits per heavy atom. The molecule has 0 bridgehead atoms. The van der Waals surface area contributed by atoms with E-state index in [9.17, 15) is 0 Å². The standard InChI is InChI=1S/C7H12N2S/c1-5-6(2)9(10-4)7(3)8-5/h1-4H3. The van der Waals surface area contributed by atoms with E-state index < -0.39 is 0 Å². The SMILES string of the molecule is CSn1c(C)nc(C)c1C. The monoisotopic (exact) mass is 156 g/mol. The molecule has 0 spiro atoms. The summed E-state index contributed by atoms with van der Waals surface area (Å²) in [4.78, 5) is 4.32. The van der Waals surface area contributed by atoms with Gasteiger partial charge in [0, 0.05) is 11.9 Å². The fourth-order valence-corrected chi connectivity index (χ4v) is 1.74. The largest absolute Gasteiger partial charge is 0.275 e. The smallest absolute Gasteiger partial charge is 0.116 e. The third kappa shape index (κ3) is 1.06. The van der Waals surface area contributed by atoms with Crippen molar-refractivity contribution in [3.8, 4) is 0 Å². The van der Waals surface area contributed by atoms with Crippen LogP contribution in [0.5, 0.6) is 0 Å². The summed E-state index contributed by atoms with van der Waals surface area (Å²) in [5, 5.41) is 0. The molecule has 1 aromatic heterocycles. The quantitative estimate of drug-likeness (QED) is 0.618. The molecule has 0 atom stereocenters. The number of aromatic nitrogens is 2. The van der Waals surface area contributed by atoms with E-state index in [0.29, 0.717) is 0 Å². The number of rotatable bonds is 1. The van der Waals surface area contributed by atoms with E-state index in [0.717, 1.165) is 11.5 Å². The van der Waals surface area contributed by atoms with Crippen molar-refractivity contribution in [2.24, 2.45) is 0 Å². The van der Waals surface area contributed by atoms with E-state index >= 15 is 0 Å². The molecule has 0 aliphatic heterocycles. The summed E-state index contributed by atoms with van der Waals surface area (Å²) in [6, 6.07) is 0. The van der Waals surface area contributed by atoms with Gasteiger partial charge in [-0.2, -0.15) is 0 Å². The maximum Gasteiger partial charge on any atom is 0.116 e. The Bertz CT molecular complexity index is 240. The molecular formula is C7H12N2S. The first-order valence-corrected chi connectivity index (χ1v) is 4.42. The van der Waals surface area contributed by atoms with Crippen molar-refractivity contribution in [3.63, 3.8) is 0 Å². The Morgan fingerprint density at radius 2 is 1.90 bits per heavy atom. The highest BCUT2D eigenvalue weighted by molar-refractivity contribution is 7.97. The van der Waals surface area contributed by atoms with E-state index in [1.165, 1.54) is 5.69 Å². The van der Waals surface area contributed by atoms with Crippen LogP contribution in [0, 0.1) is 20.8 Å². The highest BCUT2D eigenvalue weighted by Gasteiger charge is 2.04. The van der Waals surface area contributed by atoms with Gasteiger partial charge in [-0.1, -0.05) is 0 Å². The molecule has 10 heavy (non-hydrogen) atoms. The van der Waals surface area contributed by atoms with Gasteiger partial charge in [-0.15, -0.1) is 0 Å². The summed E-state index contributed by atoms with van der Waals surface area (Å²) < 4.78 is 2.13. The first-order chi connectivity index (χ1) is 4.66. The van der Waals surface area contributed by atoms with Gasteiger partial charge in [0.15, 0.2) is 0 Å². The zero-order chi connectivity index (χ0) is 7.72. The zero-order valence-electron chi connectivity index (χ0n) is 6.80. The lowest BCUT2D eigenvalue weighted by atomic mass is 10.4. The molecular weight excluding hydrogens is 144 g/mol. The normalized spacial score (nSPS) is 10.4. The molecule has 1 aromatic rings. The van der Waals surface area contributed by atoms with Crippen LogP contribution >= 0.6 is 11.9 Å². The molecule has 3 heteroatoms. The Kier molecular flexibility index (Phi) is 2.04. The van der Waals surface area contributed by atoms with Gasteiger partial charge < -0.3 is 0 Å². The molecule has 0 aromatic carbocycles. The van der Waals surface area contributed by atoms with Crippen molar-refractivity contribution in [1.29, 1.82) is 0 Å². The van der Waals surface area contributed by atoms with Gasteiger partial charge in [-0.25, -0.2) is 4.98 Å². The number of hydrogen-bond donors (Lipinski definition) is 0. The van der Waals surface area contributed by atoms with Gasteiger partial charge in [-0.05, 0) is 32.7 Å². The molecule has 0 amide bonds. The molecule has 0 radical (unpaired) electrons. The molecule has 1 heterocycles. The average Bonchev–Trinajstić information content (AvgIpc) is 2.09. The molecule has 56 valence electrons. The highest BCUT2D eigenvalue weighted by Crippen LogP contribution is 2.14. The summed E-state index contributed by atoms with van der Waals surface area (Å²) >= 11 is 1.70. The van der Waals surface area contributed by atoms with Crippen LogP contribution in [-0.2, 0) is 0 Å². The van der Waals surface area contributed by atoms with Gasteiger partial charge in [0.1, 0.15) is 5.82 Å². The van der Waals surface area contributed by atoms with Crippen molar-refractivity contribution in [1.82, 2.24) is 8.96 Å².